The number of nitrogens with one attached hydrogen (secondary N) is 1. The van der Waals surface area contributed by atoms with Crippen molar-refractivity contribution in [2.24, 2.45) is 0 Å². The van der Waals surface area contributed by atoms with Gasteiger partial charge >= 0.3 is 0 Å². The van der Waals surface area contributed by atoms with E-state index in [0.717, 1.165) is 26.9 Å². The average molecular weight is 391 g/mol. The lowest BCUT2D eigenvalue weighted by Gasteiger charge is -2.22. The molecule has 128 valence electrons. The van der Waals surface area contributed by atoms with Crippen LogP contribution in [0.4, 0.5) is 5.13 Å². The first-order valence-corrected chi connectivity index (χ1v) is 9.76. The van der Waals surface area contributed by atoms with Gasteiger partial charge in [0, 0.05) is 17.1 Å². The molecular weight excluding hydrogens is 376 g/mol. The number of aliphatic hydroxyl groups is 1. The predicted octanol–water partition coefficient (Wildman–Crippen LogP) is 4.49. The molecule has 3 aromatic heterocycles. The van der Waals surface area contributed by atoms with E-state index >= 15 is 0 Å². The highest BCUT2D eigenvalue weighted by Crippen LogP contribution is 2.27. The molecule has 0 aliphatic heterocycles. The standard InChI is InChI=1S/C17H15ClN4OS2/c1-17(23,12-6-7-24-9-12)10-19-15-21-22-8-14(20-16(22)25-15)11-2-4-13(18)5-3-11/h2-9,23H,10H2,1H3,(H,19,21). The summed E-state index contributed by atoms with van der Waals surface area (Å²) in [7, 11) is 0. The van der Waals surface area contributed by atoms with E-state index in [9.17, 15) is 5.11 Å². The van der Waals surface area contributed by atoms with Crippen LogP contribution in [-0.4, -0.2) is 26.2 Å². The SMILES string of the molecule is CC(O)(CNc1nn2cc(-c3ccc(Cl)cc3)nc2s1)c1ccsc1. The minimum Gasteiger partial charge on any atom is -0.384 e. The van der Waals surface area contributed by atoms with E-state index in [1.165, 1.54) is 11.3 Å². The number of rotatable bonds is 5. The number of hydrogen-bond acceptors (Lipinski definition) is 6. The summed E-state index contributed by atoms with van der Waals surface area (Å²) in [5.74, 6) is 0. The third-order valence-corrected chi connectivity index (χ3v) is 5.73. The van der Waals surface area contributed by atoms with Crippen molar-refractivity contribution >= 4 is 44.4 Å². The molecule has 0 aliphatic rings. The molecule has 0 fully saturated rings. The van der Waals surface area contributed by atoms with Crippen LogP contribution in [-0.2, 0) is 5.60 Å². The molecule has 1 aromatic carbocycles. The number of anilines is 1. The molecule has 0 radical (unpaired) electrons. The number of halogens is 1. The van der Waals surface area contributed by atoms with E-state index in [1.54, 1.807) is 22.8 Å². The number of nitrogens with zero attached hydrogens (tertiary/aromatic N) is 3. The second-order valence-corrected chi connectivity index (χ2v) is 8.08. The van der Waals surface area contributed by atoms with E-state index in [4.69, 9.17) is 11.6 Å². The molecule has 8 heteroatoms. The van der Waals surface area contributed by atoms with Crippen LogP contribution in [0.3, 0.4) is 0 Å². The lowest BCUT2D eigenvalue weighted by Crippen LogP contribution is -2.30. The number of benzene rings is 1. The van der Waals surface area contributed by atoms with Gasteiger partial charge in [-0.2, -0.15) is 11.3 Å². The lowest BCUT2D eigenvalue weighted by atomic mass is 10.00. The van der Waals surface area contributed by atoms with Gasteiger partial charge in [-0.25, -0.2) is 9.50 Å². The summed E-state index contributed by atoms with van der Waals surface area (Å²) in [4.78, 5) is 5.40. The van der Waals surface area contributed by atoms with Crippen molar-refractivity contribution in [3.05, 3.63) is 57.9 Å². The van der Waals surface area contributed by atoms with E-state index < -0.39 is 5.60 Å². The van der Waals surface area contributed by atoms with Crippen molar-refractivity contribution in [3.63, 3.8) is 0 Å². The van der Waals surface area contributed by atoms with E-state index in [-0.39, 0.29) is 0 Å². The van der Waals surface area contributed by atoms with Gasteiger partial charge in [0.05, 0.1) is 11.9 Å². The Balaban J connectivity index is 1.51. The van der Waals surface area contributed by atoms with E-state index in [2.05, 4.69) is 15.4 Å². The molecule has 0 saturated carbocycles. The highest BCUT2D eigenvalue weighted by atomic mass is 35.5. The Hall–Kier alpha value is -1.93. The Morgan fingerprint density at radius 1 is 1.28 bits per heavy atom. The fourth-order valence-corrected chi connectivity index (χ4v) is 4.14. The highest BCUT2D eigenvalue weighted by molar-refractivity contribution is 7.20. The number of imidazole rings is 1. The summed E-state index contributed by atoms with van der Waals surface area (Å²) in [5, 5.41) is 23.6. The van der Waals surface area contributed by atoms with Crippen LogP contribution in [0.2, 0.25) is 5.02 Å². The molecule has 0 amide bonds. The zero-order valence-corrected chi connectivity index (χ0v) is 15.7. The summed E-state index contributed by atoms with van der Waals surface area (Å²) < 4.78 is 1.75. The fraction of sp³-hybridized carbons (Fsp3) is 0.176. The van der Waals surface area contributed by atoms with Gasteiger partial charge in [0.15, 0.2) is 0 Å². The van der Waals surface area contributed by atoms with Gasteiger partial charge in [0.2, 0.25) is 10.1 Å². The second-order valence-electron chi connectivity index (χ2n) is 5.91. The first kappa shape index (κ1) is 16.5. The van der Waals surface area contributed by atoms with Gasteiger partial charge in [-0.3, -0.25) is 0 Å². The Kier molecular flexibility index (Phi) is 4.24. The zero-order valence-electron chi connectivity index (χ0n) is 13.3. The minimum absolute atomic E-state index is 0.379. The largest absolute Gasteiger partial charge is 0.384 e. The van der Waals surface area contributed by atoms with Crippen LogP contribution in [0.5, 0.6) is 0 Å². The molecule has 3 heterocycles. The van der Waals surface area contributed by atoms with Gasteiger partial charge in [-0.15, -0.1) is 5.10 Å². The van der Waals surface area contributed by atoms with Crippen molar-refractivity contribution in [1.82, 2.24) is 14.6 Å². The third-order valence-electron chi connectivity index (χ3n) is 3.91. The molecule has 0 saturated heterocycles. The summed E-state index contributed by atoms with van der Waals surface area (Å²) in [6, 6.07) is 9.49. The van der Waals surface area contributed by atoms with E-state index in [0.29, 0.717) is 11.6 Å². The smallest absolute Gasteiger partial charge is 0.214 e. The molecule has 1 atom stereocenters. The number of aromatic nitrogens is 3. The summed E-state index contributed by atoms with van der Waals surface area (Å²) >= 11 is 8.94. The molecular formula is C17H15ClN4OS2. The summed E-state index contributed by atoms with van der Waals surface area (Å²) in [6.07, 6.45) is 1.89. The fourth-order valence-electron chi connectivity index (χ4n) is 2.45. The Morgan fingerprint density at radius 2 is 2.08 bits per heavy atom. The van der Waals surface area contributed by atoms with Crippen LogP contribution in [0.15, 0.2) is 47.3 Å². The molecule has 1 unspecified atom stereocenters. The Labute approximate surface area is 157 Å². The van der Waals surface area contributed by atoms with Crippen LogP contribution < -0.4 is 5.32 Å². The summed E-state index contributed by atoms with van der Waals surface area (Å²) in [6.45, 7) is 2.17. The molecule has 0 aliphatic carbocycles. The van der Waals surface area contributed by atoms with Crippen molar-refractivity contribution in [3.8, 4) is 11.3 Å². The van der Waals surface area contributed by atoms with Crippen LogP contribution in [0.1, 0.15) is 12.5 Å². The monoisotopic (exact) mass is 390 g/mol. The maximum atomic E-state index is 10.6. The minimum atomic E-state index is -0.942. The molecule has 5 nitrogen and oxygen atoms in total. The van der Waals surface area contributed by atoms with Crippen molar-refractivity contribution < 1.29 is 5.11 Å². The Bertz CT molecular complexity index is 958. The predicted molar refractivity (Wildman–Crippen MR) is 104 cm³/mol. The highest BCUT2D eigenvalue weighted by Gasteiger charge is 2.24. The summed E-state index contributed by atoms with van der Waals surface area (Å²) in [5.41, 5.74) is 1.81. The first-order valence-electron chi connectivity index (χ1n) is 7.62. The van der Waals surface area contributed by atoms with Crippen LogP contribution in [0.25, 0.3) is 16.2 Å². The first-order chi connectivity index (χ1) is 12.0. The van der Waals surface area contributed by atoms with Crippen LogP contribution in [0, 0.1) is 0 Å². The van der Waals surface area contributed by atoms with Gasteiger partial charge in [0.1, 0.15) is 5.60 Å². The van der Waals surface area contributed by atoms with Gasteiger partial charge in [-0.05, 0) is 41.4 Å². The molecule has 0 bridgehead atoms. The third kappa shape index (κ3) is 3.41. The topological polar surface area (TPSA) is 62.5 Å². The van der Waals surface area contributed by atoms with E-state index in [1.807, 2.05) is 47.3 Å². The molecule has 4 aromatic rings. The van der Waals surface area contributed by atoms with Crippen molar-refractivity contribution in [2.45, 2.75) is 12.5 Å². The van der Waals surface area contributed by atoms with Crippen molar-refractivity contribution in [1.29, 1.82) is 0 Å². The van der Waals surface area contributed by atoms with Gasteiger partial charge in [0.25, 0.3) is 0 Å². The maximum Gasteiger partial charge on any atom is 0.214 e. The Morgan fingerprint density at radius 3 is 2.76 bits per heavy atom. The zero-order chi connectivity index (χ0) is 17.4. The van der Waals surface area contributed by atoms with Crippen LogP contribution >= 0.6 is 34.3 Å². The van der Waals surface area contributed by atoms with Gasteiger partial charge < -0.3 is 10.4 Å². The number of fused-ring (bicyclic) bond motifs is 1. The lowest BCUT2D eigenvalue weighted by molar-refractivity contribution is 0.0720. The number of hydrogen-bond donors (Lipinski definition) is 2. The molecule has 2 N–H and O–H groups in total. The average Bonchev–Trinajstić information content (AvgIpc) is 3.30. The maximum absolute atomic E-state index is 10.6. The molecule has 0 spiro atoms. The van der Waals surface area contributed by atoms with Gasteiger partial charge in [-0.1, -0.05) is 35.1 Å². The molecule has 25 heavy (non-hydrogen) atoms. The molecule has 4 rings (SSSR count). The van der Waals surface area contributed by atoms with Crippen molar-refractivity contribution in [2.75, 3.05) is 11.9 Å². The second kappa shape index (κ2) is 6.42. The normalized spacial score (nSPS) is 13.9. The number of thiophene rings is 1. The quantitative estimate of drug-likeness (QED) is 0.527.